The van der Waals surface area contributed by atoms with Crippen LogP contribution in [0.25, 0.3) is 5.52 Å². The predicted molar refractivity (Wildman–Crippen MR) is 83.1 cm³/mol. The Morgan fingerprint density at radius 1 is 1.37 bits per heavy atom. The maximum atomic E-state index is 13.5. The monoisotopic (exact) mass is 413 g/mol. The molecule has 1 aliphatic rings. The summed E-state index contributed by atoms with van der Waals surface area (Å²) in [4.78, 5) is 3.43. The first-order valence-corrected chi connectivity index (χ1v) is 7.82. The number of fused-ring (bicyclic) bond motifs is 1. The highest BCUT2D eigenvalue weighted by molar-refractivity contribution is 6.35. The number of hydrogen-bond acceptors (Lipinski definition) is 6. The van der Waals surface area contributed by atoms with Gasteiger partial charge >= 0.3 is 12.1 Å². The van der Waals surface area contributed by atoms with Crippen LogP contribution < -0.4 is 5.73 Å². The van der Waals surface area contributed by atoms with E-state index in [4.69, 9.17) is 32.4 Å². The number of aliphatic hydroxyl groups is 1. The maximum Gasteiger partial charge on any atom is 0.459 e. The van der Waals surface area contributed by atoms with E-state index in [-0.39, 0.29) is 16.1 Å². The molecule has 1 fully saturated rings. The van der Waals surface area contributed by atoms with Crippen LogP contribution >= 0.6 is 11.6 Å². The first kappa shape index (κ1) is 21.1. The maximum absolute atomic E-state index is 13.5. The molecule has 3 heterocycles. The zero-order chi connectivity index (χ0) is 20.4. The number of ether oxygens (including phenoxy) is 1. The third-order valence-corrected chi connectivity index (χ3v) is 3.93. The molecule has 3 rings (SSSR count). The third kappa shape index (κ3) is 4.20. The summed E-state index contributed by atoms with van der Waals surface area (Å²) in [6, 6.07) is 1.21. The topological polar surface area (TPSA) is 109 Å². The van der Waals surface area contributed by atoms with Crippen molar-refractivity contribution in [1.29, 1.82) is 5.26 Å². The van der Waals surface area contributed by atoms with Gasteiger partial charge in [0, 0.05) is 6.61 Å². The smallest absolute Gasteiger partial charge is 0.391 e. The van der Waals surface area contributed by atoms with Gasteiger partial charge in [-0.2, -0.15) is 27.2 Å². The van der Waals surface area contributed by atoms with Crippen molar-refractivity contribution in [3.05, 3.63) is 22.5 Å². The number of hydrogen-bond donors (Lipinski definition) is 2. The quantitative estimate of drug-likeness (QED) is 0.696. The third-order valence-electron chi connectivity index (χ3n) is 3.54. The van der Waals surface area contributed by atoms with E-state index in [2.05, 4.69) is 10.1 Å². The zero-order valence-electron chi connectivity index (χ0n) is 13.5. The summed E-state index contributed by atoms with van der Waals surface area (Å²) in [6.07, 6.45) is -3.33. The van der Waals surface area contributed by atoms with Crippen molar-refractivity contribution in [2.24, 2.45) is 0 Å². The fraction of sp³-hybridized carbons (Fsp3) is 0.500. The Kier molecular flexibility index (Phi) is 6.08. The lowest BCUT2D eigenvalue weighted by Gasteiger charge is -2.19. The molecule has 1 atom stereocenters. The van der Waals surface area contributed by atoms with Crippen LogP contribution in [0.3, 0.4) is 0 Å². The molecule has 1 aliphatic heterocycles. The SMILES string of the molecule is N#Cc1c(Cl)c2cnc(N)nn2c1C(F)(F)C(F)(F)F.OC1CCCOC1. The first-order chi connectivity index (χ1) is 12.5. The van der Waals surface area contributed by atoms with Gasteiger partial charge in [0.25, 0.3) is 0 Å². The van der Waals surface area contributed by atoms with Gasteiger partial charge in [0.1, 0.15) is 22.8 Å². The molecule has 0 saturated carbocycles. The summed E-state index contributed by atoms with van der Waals surface area (Å²) in [5.41, 5.74) is 2.05. The van der Waals surface area contributed by atoms with Crippen LogP contribution in [0, 0.1) is 11.3 Å². The van der Waals surface area contributed by atoms with Crippen molar-refractivity contribution in [3.63, 3.8) is 0 Å². The predicted octanol–water partition coefficient (Wildman–Crippen LogP) is 2.65. The number of nitrogens with zero attached hydrogens (tertiary/aromatic N) is 4. The first-order valence-electron chi connectivity index (χ1n) is 7.44. The van der Waals surface area contributed by atoms with Crippen LogP contribution in [-0.4, -0.2) is 45.2 Å². The van der Waals surface area contributed by atoms with Crippen LogP contribution in [-0.2, 0) is 10.7 Å². The highest BCUT2D eigenvalue weighted by Gasteiger charge is 2.62. The number of nitrogen functional groups attached to an aromatic ring is 1. The average molecular weight is 414 g/mol. The minimum absolute atomic E-state index is 0.177. The molecule has 0 bridgehead atoms. The lowest BCUT2D eigenvalue weighted by atomic mass is 10.1. The van der Waals surface area contributed by atoms with Gasteiger partial charge in [-0.1, -0.05) is 11.6 Å². The Balaban J connectivity index is 0.000000313. The van der Waals surface area contributed by atoms with Crippen LogP contribution in [0.2, 0.25) is 5.02 Å². The Labute approximate surface area is 154 Å². The average Bonchev–Trinajstić information content (AvgIpc) is 2.87. The lowest BCUT2D eigenvalue weighted by Crippen LogP contribution is -2.36. The van der Waals surface area contributed by atoms with Crippen molar-refractivity contribution in [2.45, 2.75) is 31.0 Å². The number of aromatic nitrogens is 3. The molecule has 0 radical (unpaired) electrons. The number of anilines is 1. The van der Waals surface area contributed by atoms with Crippen molar-refractivity contribution in [2.75, 3.05) is 18.9 Å². The van der Waals surface area contributed by atoms with Gasteiger partial charge in [0.2, 0.25) is 5.95 Å². The molecule has 1 unspecified atom stereocenters. The highest BCUT2D eigenvalue weighted by Crippen LogP contribution is 2.47. The van der Waals surface area contributed by atoms with E-state index in [0.29, 0.717) is 6.61 Å². The Morgan fingerprint density at radius 2 is 2.04 bits per heavy atom. The molecular formula is C14H13ClF5N5O2. The molecule has 3 N–H and O–H groups in total. The Bertz CT molecular complexity index is 858. The number of rotatable bonds is 1. The largest absolute Gasteiger partial charge is 0.459 e. The van der Waals surface area contributed by atoms with E-state index < -0.39 is 34.3 Å². The number of alkyl halides is 5. The second kappa shape index (κ2) is 7.79. The fourth-order valence-corrected chi connectivity index (χ4v) is 2.53. The van der Waals surface area contributed by atoms with Gasteiger partial charge in [-0.05, 0) is 12.8 Å². The van der Waals surface area contributed by atoms with E-state index in [9.17, 15) is 22.0 Å². The van der Waals surface area contributed by atoms with E-state index in [0.717, 1.165) is 25.6 Å². The van der Waals surface area contributed by atoms with Gasteiger partial charge in [-0.25, -0.2) is 9.50 Å². The minimum atomic E-state index is -5.92. The van der Waals surface area contributed by atoms with Gasteiger partial charge in [0.05, 0.1) is 23.9 Å². The molecule has 2 aromatic heterocycles. The van der Waals surface area contributed by atoms with Gasteiger partial charge < -0.3 is 15.6 Å². The number of aliphatic hydroxyl groups excluding tert-OH is 1. The fourth-order valence-electron chi connectivity index (χ4n) is 2.27. The molecule has 0 amide bonds. The second-order valence-electron chi connectivity index (χ2n) is 5.51. The summed E-state index contributed by atoms with van der Waals surface area (Å²) in [6.45, 7) is 1.37. The molecule has 0 spiro atoms. The Morgan fingerprint density at radius 3 is 2.48 bits per heavy atom. The number of nitrogens with two attached hydrogens (primary N) is 1. The van der Waals surface area contributed by atoms with E-state index in [1.165, 1.54) is 6.07 Å². The van der Waals surface area contributed by atoms with E-state index in [1.54, 1.807) is 0 Å². The summed E-state index contributed by atoms with van der Waals surface area (Å²) in [5.74, 6) is -5.87. The minimum Gasteiger partial charge on any atom is -0.391 e. The molecule has 2 aromatic rings. The van der Waals surface area contributed by atoms with Crippen molar-refractivity contribution >= 4 is 23.1 Å². The Hall–Kier alpha value is -2.23. The summed E-state index contributed by atoms with van der Waals surface area (Å²) < 4.78 is 69.6. The molecule has 27 heavy (non-hydrogen) atoms. The van der Waals surface area contributed by atoms with E-state index in [1.807, 2.05) is 0 Å². The van der Waals surface area contributed by atoms with Crippen molar-refractivity contribution in [1.82, 2.24) is 14.6 Å². The van der Waals surface area contributed by atoms with Crippen LogP contribution in [0.1, 0.15) is 24.1 Å². The van der Waals surface area contributed by atoms with Gasteiger partial charge in [0.15, 0.2) is 0 Å². The molecular weight excluding hydrogens is 401 g/mol. The van der Waals surface area contributed by atoms with Gasteiger partial charge in [-0.15, -0.1) is 5.10 Å². The summed E-state index contributed by atoms with van der Waals surface area (Å²) in [5, 5.41) is 20.2. The summed E-state index contributed by atoms with van der Waals surface area (Å²) >= 11 is 5.61. The molecule has 0 aromatic carbocycles. The van der Waals surface area contributed by atoms with E-state index >= 15 is 0 Å². The van der Waals surface area contributed by atoms with Gasteiger partial charge in [-0.3, -0.25) is 0 Å². The summed E-state index contributed by atoms with van der Waals surface area (Å²) in [7, 11) is 0. The van der Waals surface area contributed by atoms with Crippen LogP contribution in [0.5, 0.6) is 0 Å². The number of nitriles is 1. The van der Waals surface area contributed by atoms with Crippen molar-refractivity contribution in [3.8, 4) is 6.07 Å². The van der Waals surface area contributed by atoms with Crippen molar-refractivity contribution < 1.29 is 31.8 Å². The number of halogens is 6. The molecule has 148 valence electrons. The normalized spacial score (nSPS) is 17.9. The zero-order valence-corrected chi connectivity index (χ0v) is 14.2. The van der Waals surface area contributed by atoms with Crippen LogP contribution in [0.4, 0.5) is 27.9 Å². The molecule has 13 heteroatoms. The lowest BCUT2D eigenvalue weighted by molar-refractivity contribution is -0.291. The highest BCUT2D eigenvalue weighted by atomic mass is 35.5. The molecule has 1 saturated heterocycles. The standard InChI is InChI=1S/C9H3ClF5N5.C5H10O2/c10-5-3(1-16)6(8(11,12)9(13,14)15)20-4(5)2-18-7(17)19-20;6-5-2-1-3-7-4-5/h2H,(H2,17,19);5-6H,1-4H2. The van der Waals surface area contributed by atoms with Crippen LogP contribution in [0.15, 0.2) is 6.20 Å². The second-order valence-corrected chi connectivity index (χ2v) is 5.88. The molecule has 0 aliphatic carbocycles. The molecule has 7 nitrogen and oxygen atoms in total.